The minimum atomic E-state index is -0.796. The largest absolute Gasteiger partial charge is 0.481 e. The van der Waals surface area contributed by atoms with E-state index in [9.17, 15) is 4.79 Å². The van der Waals surface area contributed by atoms with E-state index in [1.54, 1.807) is 0 Å². The molecule has 1 aromatic heterocycles. The number of hydrogen-bond donors (Lipinski definition) is 1. The average Bonchev–Trinajstić information content (AvgIpc) is 2.15. The molecule has 5 heteroatoms. The van der Waals surface area contributed by atoms with Gasteiger partial charge in [0.15, 0.2) is 0 Å². The molecule has 0 aromatic carbocycles. The van der Waals surface area contributed by atoms with Gasteiger partial charge in [-0.2, -0.15) is 0 Å². The molecule has 1 N–H and O–H groups in total. The number of aliphatic carboxylic acids is 1. The van der Waals surface area contributed by atoms with E-state index >= 15 is 0 Å². The first kappa shape index (κ1) is 12.4. The molecule has 1 rings (SSSR count). The van der Waals surface area contributed by atoms with Crippen LogP contribution in [0.5, 0.6) is 0 Å². The van der Waals surface area contributed by atoms with Gasteiger partial charge in [-0.05, 0) is 25.8 Å². The number of nitrogens with zero attached hydrogens (tertiary/aromatic N) is 3. The van der Waals surface area contributed by atoms with Gasteiger partial charge in [0.2, 0.25) is 5.95 Å². The molecule has 16 heavy (non-hydrogen) atoms. The molecule has 0 saturated carbocycles. The van der Waals surface area contributed by atoms with Crippen molar-refractivity contribution in [1.82, 2.24) is 9.97 Å². The van der Waals surface area contributed by atoms with E-state index in [1.807, 2.05) is 32.8 Å². The summed E-state index contributed by atoms with van der Waals surface area (Å²) in [5.41, 5.74) is 2.66. The van der Waals surface area contributed by atoms with E-state index in [1.165, 1.54) is 0 Å². The van der Waals surface area contributed by atoms with Gasteiger partial charge in [0, 0.05) is 31.9 Å². The summed E-state index contributed by atoms with van der Waals surface area (Å²) in [6, 6.07) is 0. The van der Waals surface area contributed by atoms with Crippen molar-refractivity contribution in [2.45, 2.75) is 26.7 Å². The smallest absolute Gasteiger partial charge is 0.303 e. The van der Waals surface area contributed by atoms with E-state index in [0.29, 0.717) is 12.4 Å². The third-order valence-electron chi connectivity index (χ3n) is 2.40. The second kappa shape index (κ2) is 4.92. The van der Waals surface area contributed by atoms with Gasteiger partial charge in [0.05, 0.1) is 0 Å². The van der Waals surface area contributed by atoms with Gasteiger partial charge in [-0.1, -0.05) is 0 Å². The van der Waals surface area contributed by atoms with E-state index < -0.39 is 5.97 Å². The molecule has 0 unspecified atom stereocenters. The monoisotopic (exact) mass is 223 g/mol. The van der Waals surface area contributed by atoms with E-state index in [4.69, 9.17) is 5.11 Å². The van der Waals surface area contributed by atoms with Crippen LogP contribution in [0.1, 0.15) is 23.4 Å². The van der Waals surface area contributed by atoms with Crippen LogP contribution < -0.4 is 4.90 Å². The van der Waals surface area contributed by atoms with Crippen LogP contribution in [-0.4, -0.2) is 35.1 Å². The molecular weight excluding hydrogens is 206 g/mol. The van der Waals surface area contributed by atoms with Crippen molar-refractivity contribution in [3.8, 4) is 0 Å². The zero-order valence-corrected chi connectivity index (χ0v) is 10.1. The average molecular weight is 223 g/mol. The lowest BCUT2D eigenvalue weighted by molar-refractivity contribution is -0.136. The molecule has 0 spiro atoms. The molecular formula is C11H17N3O2. The summed E-state index contributed by atoms with van der Waals surface area (Å²) in [7, 11) is 3.76. The topological polar surface area (TPSA) is 66.3 Å². The predicted molar refractivity (Wildman–Crippen MR) is 61.8 cm³/mol. The van der Waals surface area contributed by atoms with E-state index in [2.05, 4.69) is 9.97 Å². The van der Waals surface area contributed by atoms with Crippen molar-refractivity contribution in [3.63, 3.8) is 0 Å². The van der Waals surface area contributed by atoms with Crippen LogP contribution in [-0.2, 0) is 11.2 Å². The summed E-state index contributed by atoms with van der Waals surface area (Å²) in [6.07, 6.45) is 0.604. The number of aryl methyl sites for hydroxylation is 2. The fourth-order valence-electron chi connectivity index (χ4n) is 1.52. The van der Waals surface area contributed by atoms with Crippen LogP contribution in [0.2, 0.25) is 0 Å². The minimum Gasteiger partial charge on any atom is -0.481 e. The summed E-state index contributed by atoms with van der Waals surface area (Å²) in [5.74, 6) is -0.135. The summed E-state index contributed by atoms with van der Waals surface area (Å²) in [4.78, 5) is 21.0. The molecule has 0 aliphatic heterocycles. The van der Waals surface area contributed by atoms with Crippen LogP contribution >= 0.6 is 0 Å². The fraction of sp³-hybridized carbons (Fsp3) is 0.545. The number of aromatic nitrogens is 2. The highest BCUT2D eigenvalue weighted by molar-refractivity contribution is 5.67. The number of carbonyl (C=O) groups is 1. The van der Waals surface area contributed by atoms with E-state index in [-0.39, 0.29) is 6.42 Å². The molecule has 0 radical (unpaired) electrons. The standard InChI is InChI=1S/C11H17N3O2/c1-7-9(5-6-10(15)16)8(2)13-11(12-7)14(3)4/h5-6H2,1-4H3,(H,15,16). The van der Waals surface area contributed by atoms with Gasteiger partial charge in [-0.25, -0.2) is 9.97 Å². The molecule has 0 amide bonds. The van der Waals surface area contributed by atoms with Crippen molar-refractivity contribution in [3.05, 3.63) is 17.0 Å². The van der Waals surface area contributed by atoms with Crippen LogP contribution in [0.15, 0.2) is 0 Å². The van der Waals surface area contributed by atoms with Gasteiger partial charge >= 0.3 is 5.97 Å². The van der Waals surface area contributed by atoms with Gasteiger partial charge in [-0.3, -0.25) is 4.79 Å². The summed E-state index contributed by atoms with van der Waals surface area (Å²) >= 11 is 0. The highest BCUT2D eigenvalue weighted by atomic mass is 16.4. The van der Waals surface area contributed by atoms with Crippen LogP contribution in [0, 0.1) is 13.8 Å². The van der Waals surface area contributed by atoms with Crippen LogP contribution in [0.25, 0.3) is 0 Å². The molecule has 0 bridgehead atoms. The Labute approximate surface area is 95.1 Å². The lowest BCUT2D eigenvalue weighted by Crippen LogP contribution is -2.15. The maximum atomic E-state index is 10.5. The first-order chi connectivity index (χ1) is 7.41. The highest BCUT2D eigenvalue weighted by Crippen LogP contribution is 2.15. The lowest BCUT2D eigenvalue weighted by atomic mass is 10.1. The third-order valence-corrected chi connectivity index (χ3v) is 2.40. The molecule has 0 fully saturated rings. The number of rotatable bonds is 4. The second-order valence-electron chi connectivity index (χ2n) is 3.96. The first-order valence-electron chi connectivity index (χ1n) is 5.15. The molecule has 1 heterocycles. The Hall–Kier alpha value is -1.65. The Morgan fingerprint density at radius 2 is 1.75 bits per heavy atom. The zero-order chi connectivity index (χ0) is 12.3. The van der Waals surface area contributed by atoms with Gasteiger partial charge in [0.1, 0.15) is 0 Å². The lowest BCUT2D eigenvalue weighted by Gasteiger charge is -2.14. The minimum absolute atomic E-state index is 0.117. The molecule has 5 nitrogen and oxygen atoms in total. The Bertz CT molecular complexity index is 379. The Kier molecular flexibility index (Phi) is 3.82. The number of carboxylic acid groups (broad SMARTS) is 1. The van der Waals surface area contributed by atoms with Crippen LogP contribution in [0.3, 0.4) is 0 Å². The molecule has 0 saturated heterocycles. The Morgan fingerprint density at radius 3 is 2.12 bits per heavy atom. The second-order valence-corrected chi connectivity index (χ2v) is 3.96. The quantitative estimate of drug-likeness (QED) is 0.830. The summed E-state index contributed by atoms with van der Waals surface area (Å²) < 4.78 is 0. The molecule has 1 aromatic rings. The zero-order valence-electron chi connectivity index (χ0n) is 10.1. The molecule has 0 atom stereocenters. The molecule has 88 valence electrons. The third kappa shape index (κ3) is 2.92. The van der Waals surface area contributed by atoms with Gasteiger partial charge < -0.3 is 10.0 Å². The van der Waals surface area contributed by atoms with Crippen LogP contribution in [0.4, 0.5) is 5.95 Å². The van der Waals surface area contributed by atoms with Crippen molar-refractivity contribution >= 4 is 11.9 Å². The molecule has 0 aliphatic rings. The summed E-state index contributed by atoms with van der Waals surface area (Å²) in [5, 5.41) is 8.65. The maximum Gasteiger partial charge on any atom is 0.303 e. The van der Waals surface area contributed by atoms with Crippen molar-refractivity contribution < 1.29 is 9.90 Å². The Morgan fingerprint density at radius 1 is 1.25 bits per heavy atom. The normalized spacial score (nSPS) is 10.2. The number of carboxylic acids is 1. The Balaban J connectivity index is 2.98. The fourth-order valence-corrected chi connectivity index (χ4v) is 1.52. The number of anilines is 1. The van der Waals surface area contributed by atoms with Crippen molar-refractivity contribution in [1.29, 1.82) is 0 Å². The molecule has 0 aliphatic carbocycles. The highest BCUT2D eigenvalue weighted by Gasteiger charge is 2.10. The SMILES string of the molecule is Cc1nc(N(C)C)nc(C)c1CCC(=O)O. The van der Waals surface area contributed by atoms with Gasteiger partial charge in [0.25, 0.3) is 0 Å². The van der Waals surface area contributed by atoms with Crippen molar-refractivity contribution in [2.75, 3.05) is 19.0 Å². The number of hydrogen-bond acceptors (Lipinski definition) is 4. The maximum absolute atomic E-state index is 10.5. The summed E-state index contributed by atoms with van der Waals surface area (Å²) in [6.45, 7) is 3.78. The van der Waals surface area contributed by atoms with E-state index in [0.717, 1.165) is 17.0 Å². The van der Waals surface area contributed by atoms with Crippen molar-refractivity contribution in [2.24, 2.45) is 0 Å². The predicted octanol–water partition coefficient (Wildman–Crippen LogP) is 1.18. The van der Waals surface area contributed by atoms with Gasteiger partial charge in [-0.15, -0.1) is 0 Å². The first-order valence-corrected chi connectivity index (χ1v) is 5.15.